The van der Waals surface area contributed by atoms with Crippen LogP contribution in [0.15, 0.2) is 24.3 Å². The van der Waals surface area contributed by atoms with Gasteiger partial charge in [-0.25, -0.2) is 0 Å². The van der Waals surface area contributed by atoms with E-state index in [0.29, 0.717) is 5.88 Å². The molecule has 0 aliphatic rings. The molecule has 1 rings (SSSR count). The summed E-state index contributed by atoms with van der Waals surface area (Å²) in [6.45, 7) is 2.80. The lowest BCUT2D eigenvalue weighted by atomic mass is 10.1. The molecule has 16 heavy (non-hydrogen) atoms. The van der Waals surface area contributed by atoms with Gasteiger partial charge in [-0.05, 0) is 30.5 Å². The summed E-state index contributed by atoms with van der Waals surface area (Å²) in [7, 11) is 1.74. The van der Waals surface area contributed by atoms with Crippen LogP contribution < -0.4 is 5.32 Å². The number of rotatable bonds is 8. The Kier molecular flexibility index (Phi) is 7.23. The molecule has 0 aliphatic heterocycles. The molecule has 0 saturated heterocycles. The van der Waals surface area contributed by atoms with Crippen LogP contribution in [0.4, 0.5) is 0 Å². The summed E-state index contributed by atoms with van der Waals surface area (Å²) in [4.78, 5) is 0. The molecule has 3 heteroatoms. The molecule has 0 fully saturated rings. The Morgan fingerprint density at radius 1 is 1.25 bits per heavy atom. The monoisotopic (exact) mass is 241 g/mol. The Hall–Kier alpha value is -0.570. The number of methoxy groups -OCH3 is 1. The lowest BCUT2D eigenvalue weighted by molar-refractivity contribution is 0.192. The summed E-state index contributed by atoms with van der Waals surface area (Å²) in [5.41, 5.74) is 2.48. The summed E-state index contributed by atoms with van der Waals surface area (Å²) in [5.74, 6) is 0.585. The summed E-state index contributed by atoms with van der Waals surface area (Å²) < 4.78 is 4.99. The number of unbranched alkanes of at least 4 members (excludes halogenated alkanes) is 1. The van der Waals surface area contributed by atoms with E-state index in [4.69, 9.17) is 16.3 Å². The van der Waals surface area contributed by atoms with Crippen LogP contribution in [-0.4, -0.2) is 20.3 Å². The standard InChI is InChI=1S/C13H20ClNO/c1-16-8-3-2-7-15-11-13-6-4-5-12(9-13)10-14/h4-6,9,15H,2-3,7-8,10-11H2,1H3. The molecule has 0 bridgehead atoms. The molecule has 0 heterocycles. The fourth-order valence-corrected chi connectivity index (χ4v) is 1.72. The summed E-state index contributed by atoms with van der Waals surface area (Å²) >= 11 is 5.78. The van der Waals surface area contributed by atoms with Crippen LogP contribution in [0.25, 0.3) is 0 Å². The second-order valence-corrected chi connectivity index (χ2v) is 4.10. The minimum atomic E-state index is 0.585. The van der Waals surface area contributed by atoms with Crippen LogP contribution in [0, 0.1) is 0 Å². The molecule has 1 N–H and O–H groups in total. The van der Waals surface area contributed by atoms with E-state index in [9.17, 15) is 0 Å². The first-order valence-corrected chi connectivity index (χ1v) is 6.23. The van der Waals surface area contributed by atoms with Crippen molar-refractivity contribution >= 4 is 11.6 Å². The molecule has 90 valence electrons. The van der Waals surface area contributed by atoms with Crippen LogP contribution in [0.2, 0.25) is 0 Å². The van der Waals surface area contributed by atoms with Crippen molar-refractivity contribution in [3.05, 3.63) is 35.4 Å². The van der Waals surface area contributed by atoms with Gasteiger partial charge in [-0.15, -0.1) is 11.6 Å². The highest BCUT2D eigenvalue weighted by molar-refractivity contribution is 6.17. The fraction of sp³-hybridized carbons (Fsp3) is 0.538. The number of halogens is 1. The Bertz CT molecular complexity index is 291. The fourth-order valence-electron chi connectivity index (χ4n) is 1.55. The maximum atomic E-state index is 5.78. The van der Waals surface area contributed by atoms with Gasteiger partial charge in [0.05, 0.1) is 0 Å². The number of hydrogen-bond acceptors (Lipinski definition) is 2. The van der Waals surface area contributed by atoms with Crippen molar-refractivity contribution in [2.75, 3.05) is 20.3 Å². The maximum absolute atomic E-state index is 5.78. The number of ether oxygens (including phenoxy) is 1. The average Bonchev–Trinajstić information content (AvgIpc) is 2.34. The molecule has 2 nitrogen and oxygen atoms in total. The SMILES string of the molecule is COCCCCNCc1cccc(CCl)c1. The molecule has 0 amide bonds. The molecule has 0 saturated carbocycles. The minimum Gasteiger partial charge on any atom is -0.385 e. The van der Waals surface area contributed by atoms with Gasteiger partial charge in [-0.1, -0.05) is 24.3 Å². The van der Waals surface area contributed by atoms with Crippen molar-refractivity contribution < 1.29 is 4.74 Å². The van der Waals surface area contributed by atoms with Gasteiger partial charge in [0.2, 0.25) is 0 Å². The Labute approximate surface area is 103 Å². The van der Waals surface area contributed by atoms with E-state index in [1.807, 2.05) is 0 Å². The van der Waals surface area contributed by atoms with Gasteiger partial charge < -0.3 is 10.1 Å². The predicted molar refractivity (Wildman–Crippen MR) is 68.8 cm³/mol. The Balaban J connectivity index is 2.16. The van der Waals surface area contributed by atoms with E-state index in [1.165, 1.54) is 11.1 Å². The third-order valence-corrected chi connectivity index (χ3v) is 2.74. The molecular formula is C13H20ClNO. The minimum absolute atomic E-state index is 0.585. The summed E-state index contributed by atoms with van der Waals surface area (Å²) in [6, 6.07) is 8.38. The van der Waals surface area contributed by atoms with Gasteiger partial charge in [0.25, 0.3) is 0 Å². The third kappa shape index (κ3) is 5.50. The number of nitrogens with one attached hydrogen (secondary N) is 1. The Morgan fingerprint density at radius 3 is 2.81 bits per heavy atom. The average molecular weight is 242 g/mol. The van der Waals surface area contributed by atoms with Crippen LogP contribution in [0.5, 0.6) is 0 Å². The summed E-state index contributed by atoms with van der Waals surface area (Å²) in [5, 5.41) is 3.41. The first-order chi connectivity index (χ1) is 7.86. The van der Waals surface area contributed by atoms with Crippen molar-refractivity contribution in [1.29, 1.82) is 0 Å². The third-order valence-electron chi connectivity index (χ3n) is 2.43. The smallest absolute Gasteiger partial charge is 0.0474 e. The van der Waals surface area contributed by atoms with Gasteiger partial charge in [0, 0.05) is 26.1 Å². The number of benzene rings is 1. The molecule has 0 radical (unpaired) electrons. The van der Waals surface area contributed by atoms with Crippen LogP contribution in [-0.2, 0) is 17.2 Å². The van der Waals surface area contributed by atoms with Gasteiger partial charge in [0.15, 0.2) is 0 Å². The molecule has 0 unspecified atom stereocenters. The highest BCUT2D eigenvalue weighted by Crippen LogP contribution is 2.07. The van der Waals surface area contributed by atoms with Crippen LogP contribution >= 0.6 is 11.6 Å². The second kappa shape index (κ2) is 8.57. The largest absolute Gasteiger partial charge is 0.385 e. The van der Waals surface area contributed by atoms with Gasteiger partial charge in [0.1, 0.15) is 0 Å². The quantitative estimate of drug-likeness (QED) is 0.558. The second-order valence-electron chi connectivity index (χ2n) is 3.83. The van der Waals surface area contributed by atoms with Crippen LogP contribution in [0.3, 0.4) is 0 Å². The van der Waals surface area contributed by atoms with E-state index in [2.05, 4.69) is 29.6 Å². The molecule has 1 aromatic carbocycles. The Morgan fingerprint density at radius 2 is 2.06 bits per heavy atom. The van der Waals surface area contributed by atoms with Crippen molar-refractivity contribution in [3.8, 4) is 0 Å². The predicted octanol–water partition coefficient (Wildman–Crippen LogP) is 2.94. The van der Waals surface area contributed by atoms with Crippen molar-refractivity contribution in [1.82, 2.24) is 5.32 Å². The molecule has 0 aliphatic carbocycles. The van der Waals surface area contributed by atoms with Gasteiger partial charge in [-0.2, -0.15) is 0 Å². The highest BCUT2D eigenvalue weighted by Gasteiger charge is 1.95. The zero-order chi connectivity index (χ0) is 11.6. The normalized spacial score (nSPS) is 10.6. The molecule has 0 atom stereocenters. The summed E-state index contributed by atoms with van der Waals surface area (Å²) in [6.07, 6.45) is 2.27. The van der Waals surface area contributed by atoms with Gasteiger partial charge in [-0.3, -0.25) is 0 Å². The van der Waals surface area contributed by atoms with Crippen molar-refractivity contribution in [2.24, 2.45) is 0 Å². The van der Waals surface area contributed by atoms with E-state index in [1.54, 1.807) is 7.11 Å². The van der Waals surface area contributed by atoms with E-state index in [0.717, 1.165) is 32.5 Å². The number of hydrogen-bond donors (Lipinski definition) is 1. The maximum Gasteiger partial charge on any atom is 0.0474 e. The zero-order valence-corrected chi connectivity index (χ0v) is 10.6. The molecule has 1 aromatic rings. The first kappa shape index (κ1) is 13.5. The van der Waals surface area contributed by atoms with Crippen molar-refractivity contribution in [2.45, 2.75) is 25.3 Å². The first-order valence-electron chi connectivity index (χ1n) is 5.70. The lowest BCUT2D eigenvalue weighted by Gasteiger charge is -2.06. The highest BCUT2D eigenvalue weighted by atomic mass is 35.5. The van der Waals surface area contributed by atoms with E-state index in [-0.39, 0.29) is 0 Å². The van der Waals surface area contributed by atoms with Gasteiger partial charge >= 0.3 is 0 Å². The topological polar surface area (TPSA) is 21.3 Å². The van der Waals surface area contributed by atoms with Crippen LogP contribution in [0.1, 0.15) is 24.0 Å². The van der Waals surface area contributed by atoms with E-state index >= 15 is 0 Å². The zero-order valence-electron chi connectivity index (χ0n) is 9.84. The molecule has 0 spiro atoms. The lowest BCUT2D eigenvalue weighted by Crippen LogP contribution is -2.15. The number of alkyl halides is 1. The van der Waals surface area contributed by atoms with Crippen molar-refractivity contribution in [3.63, 3.8) is 0 Å². The van der Waals surface area contributed by atoms with E-state index < -0.39 is 0 Å². The molecular weight excluding hydrogens is 222 g/mol. The molecule has 0 aromatic heterocycles.